The normalized spacial score (nSPS) is 16.7. The number of thiophene rings is 1. The molecule has 2 heterocycles. The minimum Gasteiger partial charge on any atom is -0.379 e. The molecule has 1 amide bonds. The number of nitrogens with one attached hydrogen (secondary N) is 1. The first kappa shape index (κ1) is 19.0. The zero-order chi connectivity index (χ0) is 18.4. The van der Waals surface area contributed by atoms with Crippen LogP contribution in [0.15, 0.2) is 42.5 Å². The first-order chi connectivity index (χ1) is 12.6. The molecule has 0 spiro atoms. The van der Waals surface area contributed by atoms with Gasteiger partial charge in [-0.15, -0.1) is 11.3 Å². The number of rotatable bonds is 6. The molecule has 0 bridgehead atoms. The fraction of sp³-hybridized carbons (Fsp3) is 0.316. The Kier molecular flexibility index (Phi) is 6.80. The van der Waals surface area contributed by atoms with Gasteiger partial charge in [-0.05, 0) is 35.9 Å². The topological polar surface area (TPSA) is 41.6 Å². The number of hydrogen-bond donors (Lipinski definition) is 1. The van der Waals surface area contributed by atoms with Gasteiger partial charge in [0.15, 0.2) is 0 Å². The molecule has 1 aromatic carbocycles. The summed E-state index contributed by atoms with van der Waals surface area (Å²) in [4.78, 5) is 15.3. The van der Waals surface area contributed by atoms with Crippen molar-refractivity contribution in [3.05, 3.63) is 63.1 Å². The molecule has 1 aliphatic rings. The van der Waals surface area contributed by atoms with Gasteiger partial charge < -0.3 is 10.1 Å². The number of benzene rings is 1. The predicted molar refractivity (Wildman–Crippen MR) is 103 cm³/mol. The van der Waals surface area contributed by atoms with Crippen molar-refractivity contribution in [1.82, 2.24) is 10.2 Å². The maximum absolute atomic E-state index is 13.2. The van der Waals surface area contributed by atoms with Gasteiger partial charge in [0.2, 0.25) is 5.91 Å². The van der Waals surface area contributed by atoms with Crippen LogP contribution in [0.1, 0.15) is 16.5 Å². The summed E-state index contributed by atoms with van der Waals surface area (Å²) in [7, 11) is 0. The lowest BCUT2D eigenvalue weighted by Gasteiger charge is -2.34. The van der Waals surface area contributed by atoms with Crippen LogP contribution in [0.2, 0.25) is 4.34 Å². The molecule has 4 nitrogen and oxygen atoms in total. The number of hydrogen-bond acceptors (Lipinski definition) is 4. The molecule has 1 saturated heterocycles. The predicted octanol–water partition coefficient (Wildman–Crippen LogP) is 3.74. The number of amides is 1. The number of nitrogens with zero attached hydrogens (tertiary/aromatic N) is 1. The fourth-order valence-corrected chi connectivity index (χ4v) is 3.83. The highest BCUT2D eigenvalue weighted by molar-refractivity contribution is 7.17. The Labute approximate surface area is 161 Å². The monoisotopic (exact) mass is 394 g/mol. The summed E-state index contributed by atoms with van der Waals surface area (Å²) in [5, 5.41) is 2.94. The van der Waals surface area contributed by atoms with Crippen LogP contribution in [0, 0.1) is 5.82 Å². The van der Waals surface area contributed by atoms with Crippen molar-refractivity contribution in [2.45, 2.75) is 6.04 Å². The molecule has 1 aromatic heterocycles. The van der Waals surface area contributed by atoms with Gasteiger partial charge >= 0.3 is 0 Å². The maximum Gasteiger partial charge on any atom is 0.244 e. The summed E-state index contributed by atoms with van der Waals surface area (Å²) >= 11 is 7.30. The summed E-state index contributed by atoms with van der Waals surface area (Å²) in [5.41, 5.74) is 0.975. The third-order valence-electron chi connectivity index (χ3n) is 4.20. The minimum atomic E-state index is -0.268. The van der Waals surface area contributed by atoms with Crippen molar-refractivity contribution >= 4 is 34.9 Å². The Bertz CT molecular complexity index is 757. The van der Waals surface area contributed by atoms with Crippen LogP contribution in [-0.2, 0) is 9.53 Å². The van der Waals surface area contributed by atoms with Crippen molar-refractivity contribution in [2.75, 3.05) is 32.8 Å². The van der Waals surface area contributed by atoms with Crippen molar-refractivity contribution in [2.24, 2.45) is 0 Å². The quantitative estimate of drug-likeness (QED) is 0.759. The van der Waals surface area contributed by atoms with Gasteiger partial charge in [-0.25, -0.2) is 4.39 Å². The molecular weight excluding hydrogens is 375 g/mol. The van der Waals surface area contributed by atoms with Gasteiger partial charge in [0.1, 0.15) is 5.82 Å². The second kappa shape index (κ2) is 9.28. The van der Waals surface area contributed by atoms with Crippen LogP contribution in [0.4, 0.5) is 4.39 Å². The van der Waals surface area contributed by atoms with E-state index in [-0.39, 0.29) is 17.8 Å². The molecular formula is C19H20ClFN2O2S. The highest BCUT2D eigenvalue weighted by Gasteiger charge is 2.23. The van der Waals surface area contributed by atoms with Gasteiger partial charge in [0.05, 0.1) is 23.6 Å². The summed E-state index contributed by atoms with van der Waals surface area (Å²) in [6, 6.07) is 10.1. The molecule has 1 fully saturated rings. The largest absolute Gasteiger partial charge is 0.379 e. The molecule has 1 N–H and O–H groups in total. The number of carbonyl (C=O) groups is 1. The zero-order valence-corrected chi connectivity index (χ0v) is 15.7. The molecule has 0 saturated carbocycles. The number of ether oxygens (including phenoxy) is 1. The average molecular weight is 395 g/mol. The summed E-state index contributed by atoms with van der Waals surface area (Å²) in [5.74, 6) is -0.439. The van der Waals surface area contributed by atoms with Crippen LogP contribution in [0.3, 0.4) is 0 Å². The van der Waals surface area contributed by atoms with E-state index in [4.69, 9.17) is 16.3 Å². The van der Waals surface area contributed by atoms with Crippen molar-refractivity contribution in [1.29, 1.82) is 0 Å². The van der Waals surface area contributed by atoms with E-state index < -0.39 is 0 Å². The van der Waals surface area contributed by atoms with E-state index in [1.165, 1.54) is 29.5 Å². The molecule has 3 rings (SSSR count). The molecule has 7 heteroatoms. The Morgan fingerprint density at radius 1 is 1.27 bits per heavy atom. The second-order valence-corrected chi connectivity index (χ2v) is 7.68. The summed E-state index contributed by atoms with van der Waals surface area (Å²) in [6.45, 7) is 3.32. The Hall–Kier alpha value is -1.73. The van der Waals surface area contributed by atoms with Gasteiger partial charge in [-0.3, -0.25) is 9.69 Å². The number of halogens is 2. The van der Waals surface area contributed by atoms with Crippen molar-refractivity contribution in [3.8, 4) is 0 Å². The average Bonchev–Trinajstić information content (AvgIpc) is 3.08. The smallest absolute Gasteiger partial charge is 0.244 e. The Morgan fingerprint density at radius 3 is 2.65 bits per heavy atom. The van der Waals surface area contributed by atoms with E-state index in [1.54, 1.807) is 24.3 Å². The van der Waals surface area contributed by atoms with E-state index in [2.05, 4.69) is 10.2 Å². The van der Waals surface area contributed by atoms with Gasteiger partial charge in [0, 0.05) is 30.6 Å². The standard InChI is InChI=1S/C19H20ClFN2O2S/c20-18-7-5-16(26-18)6-8-19(24)22-13-17(23-9-11-25-12-10-23)14-1-3-15(21)4-2-14/h1-8,17H,9-13H2,(H,22,24). The van der Waals surface area contributed by atoms with E-state index in [9.17, 15) is 9.18 Å². The first-order valence-corrected chi connectivity index (χ1v) is 9.60. The van der Waals surface area contributed by atoms with Crippen LogP contribution >= 0.6 is 22.9 Å². The first-order valence-electron chi connectivity index (χ1n) is 8.40. The van der Waals surface area contributed by atoms with Crippen LogP contribution < -0.4 is 5.32 Å². The van der Waals surface area contributed by atoms with Gasteiger partial charge in [-0.1, -0.05) is 23.7 Å². The van der Waals surface area contributed by atoms with E-state index in [1.807, 2.05) is 6.07 Å². The minimum absolute atomic E-state index is 0.0203. The van der Waals surface area contributed by atoms with E-state index in [0.29, 0.717) is 24.1 Å². The molecule has 0 aliphatic carbocycles. The summed E-state index contributed by atoms with van der Waals surface area (Å²) in [6.07, 6.45) is 3.25. The second-order valence-electron chi connectivity index (χ2n) is 5.94. The Balaban J connectivity index is 1.64. The van der Waals surface area contributed by atoms with Crippen molar-refractivity contribution in [3.63, 3.8) is 0 Å². The lowest BCUT2D eigenvalue weighted by molar-refractivity contribution is -0.116. The zero-order valence-electron chi connectivity index (χ0n) is 14.2. The van der Waals surface area contributed by atoms with E-state index in [0.717, 1.165) is 23.5 Å². The molecule has 1 aliphatic heterocycles. The SMILES string of the molecule is O=C(C=Cc1ccc(Cl)s1)NCC(c1ccc(F)cc1)N1CCOCC1. The molecule has 138 valence electrons. The Morgan fingerprint density at radius 2 is 2.00 bits per heavy atom. The molecule has 1 unspecified atom stereocenters. The fourth-order valence-electron chi connectivity index (χ4n) is 2.86. The molecule has 2 aromatic rings. The van der Waals surface area contributed by atoms with Crippen molar-refractivity contribution < 1.29 is 13.9 Å². The lowest BCUT2D eigenvalue weighted by atomic mass is 10.0. The van der Waals surface area contributed by atoms with E-state index >= 15 is 0 Å². The van der Waals surface area contributed by atoms with Crippen LogP contribution in [0.5, 0.6) is 0 Å². The highest BCUT2D eigenvalue weighted by Crippen LogP contribution is 2.23. The maximum atomic E-state index is 13.2. The lowest BCUT2D eigenvalue weighted by Crippen LogP contribution is -2.43. The third-order valence-corrected chi connectivity index (χ3v) is 5.40. The number of morpholine rings is 1. The molecule has 1 atom stereocenters. The third kappa shape index (κ3) is 5.38. The molecule has 0 radical (unpaired) electrons. The van der Waals surface area contributed by atoms with Crippen LogP contribution in [-0.4, -0.2) is 43.7 Å². The highest BCUT2D eigenvalue weighted by atomic mass is 35.5. The summed E-state index contributed by atoms with van der Waals surface area (Å²) < 4.78 is 19.3. The number of carbonyl (C=O) groups excluding carboxylic acids is 1. The van der Waals surface area contributed by atoms with Crippen LogP contribution in [0.25, 0.3) is 6.08 Å². The van der Waals surface area contributed by atoms with Gasteiger partial charge in [-0.2, -0.15) is 0 Å². The van der Waals surface area contributed by atoms with Gasteiger partial charge in [0.25, 0.3) is 0 Å². The molecule has 26 heavy (non-hydrogen) atoms.